The first-order chi connectivity index (χ1) is 7.49. The van der Waals surface area contributed by atoms with E-state index in [1.54, 1.807) is 6.92 Å². The van der Waals surface area contributed by atoms with Gasteiger partial charge in [-0.15, -0.1) is 0 Å². The van der Waals surface area contributed by atoms with Crippen molar-refractivity contribution >= 4 is 17.5 Å². The van der Waals surface area contributed by atoms with Crippen LogP contribution in [0.15, 0.2) is 18.2 Å². The highest BCUT2D eigenvalue weighted by molar-refractivity contribution is 6.30. The second kappa shape index (κ2) is 5.82. The zero-order chi connectivity index (χ0) is 12.1. The SMILES string of the molecule is CC(N)CC(=O)NCc1cc(Cl)ccc1F. The minimum Gasteiger partial charge on any atom is -0.352 e. The molecule has 0 aromatic heterocycles. The summed E-state index contributed by atoms with van der Waals surface area (Å²) in [5.74, 6) is -0.583. The number of carbonyl (C=O) groups excluding carboxylic acids is 1. The normalized spacial score (nSPS) is 12.2. The number of rotatable bonds is 4. The maximum absolute atomic E-state index is 13.2. The molecule has 0 spiro atoms. The lowest BCUT2D eigenvalue weighted by Gasteiger charge is -2.08. The van der Waals surface area contributed by atoms with Gasteiger partial charge in [-0.25, -0.2) is 4.39 Å². The van der Waals surface area contributed by atoms with Crippen LogP contribution in [0.2, 0.25) is 5.02 Å². The van der Waals surface area contributed by atoms with Gasteiger partial charge in [0.2, 0.25) is 5.91 Å². The molecule has 0 saturated carbocycles. The van der Waals surface area contributed by atoms with Crippen molar-refractivity contribution in [2.24, 2.45) is 5.73 Å². The molecule has 3 nitrogen and oxygen atoms in total. The van der Waals surface area contributed by atoms with Gasteiger partial charge < -0.3 is 11.1 Å². The molecule has 1 aromatic rings. The van der Waals surface area contributed by atoms with Gasteiger partial charge >= 0.3 is 0 Å². The van der Waals surface area contributed by atoms with E-state index in [0.29, 0.717) is 10.6 Å². The third-order valence-corrected chi connectivity index (χ3v) is 2.23. The molecule has 1 atom stereocenters. The Morgan fingerprint density at radius 3 is 2.94 bits per heavy atom. The molecule has 5 heteroatoms. The van der Waals surface area contributed by atoms with E-state index in [2.05, 4.69) is 5.32 Å². The smallest absolute Gasteiger partial charge is 0.221 e. The molecular weight excluding hydrogens is 231 g/mol. The van der Waals surface area contributed by atoms with E-state index in [4.69, 9.17) is 17.3 Å². The van der Waals surface area contributed by atoms with E-state index >= 15 is 0 Å². The summed E-state index contributed by atoms with van der Waals surface area (Å²) in [6.07, 6.45) is 0.224. The minimum absolute atomic E-state index is 0.123. The fourth-order valence-corrected chi connectivity index (χ4v) is 1.43. The van der Waals surface area contributed by atoms with Gasteiger partial charge in [0.25, 0.3) is 0 Å². The number of benzene rings is 1. The van der Waals surface area contributed by atoms with Crippen molar-refractivity contribution in [3.8, 4) is 0 Å². The van der Waals surface area contributed by atoms with E-state index in [1.165, 1.54) is 18.2 Å². The van der Waals surface area contributed by atoms with Crippen LogP contribution in [0.5, 0.6) is 0 Å². The van der Waals surface area contributed by atoms with Crippen molar-refractivity contribution in [3.05, 3.63) is 34.6 Å². The Morgan fingerprint density at radius 2 is 2.31 bits per heavy atom. The van der Waals surface area contributed by atoms with E-state index < -0.39 is 0 Å². The van der Waals surface area contributed by atoms with Crippen LogP contribution in [0.3, 0.4) is 0 Å². The Morgan fingerprint density at radius 1 is 1.62 bits per heavy atom. The molecule has 3 N–H and O–H groups in total. The molecule has 1 amide bonds. The van der Waals surface area contributed by atoms with Gasteiger partial charge in [0.1, 0.15) is 5.82 Å². The lowest BCUT2D eigenvalue weighted by Crippen LogP contribution is -2.29. The van der Waals surface area contributed by atoms with Crippen molar-refractivity contribution in [2.75, 3.05) is 0 Å². The highest BCUT2D eigenvalue weighted by Crippen LogP contribution is 2.14. The van der Waals surface area contributed by atoms with Crippen LogP contribution in [0, 0.1) is 5.82 Å². The number of hydrogen-bond acceptors (Lipinski definition) is 2. The zero-order valence-electron chi connectivity index (χ0n) is 8.97. The fraction of sp³-hybridized carbons (Fsp3) is 0.364. The Bertz CT molecular complexity index is 382. The van der Waals surface area contributed by atoms with Crippen LogP contribution in [-0.2, 0) is 11.3 Å². The number of amides is 1. The second-order valence-electron chi connectivity index (χ2n) is 3.69. The lowest BCUT2D eigenvalue weighted by atomic mass is 10.2. The molecule has 0 heterocycles. The third-order valence-electron chi connectivity index (χ3n) is 1.99. The van der Waals surface area contributed by atoms with E-state index in [-0.39, 0.29) is 30.7 Å². The van der Waals surface area contributed by atoms with Crippen molar-refractivity contribution < 1.29 is 9.18 Å². The summed E-state index contributed by atoms with van der Waals surface area (Å²) in [5.41, 5.74) is 5.83. The monoisotopic (exact) mass is 244 g/mol. The Balaban J connectivity index is 2.54. The molecule has 16 heavy (non-hydrogen) atoms. The highest BCUT2D eigenvalue weighted by Gasteiger charge is 2.07. The first-order valence-electron chi connectivity index (χ1n) is 4.95. The Hall–Kier alpha value is -1.13. The van der Waals surface area contributed by atoms with Crippen LogP contribution in [-0.4, -0.2) is 11.9 Å². The summed E-state index contributed by atoms with van der Waals surface area (Å²) >= 11 is 5.72. The fourth-order valence-electron chi connectivity index (χ4n) is 1.24. The van der Waals surface area contributed by atoms with Crippen molar-refractivity contribution in [1.29, 1.82) is 0 Å². The van der Waals surface area contributed by atoms with Gasteiger partial charge in [0.15, 0.2) is 0 Å². The molecule has 0 aliphatic heterocycles. The van der Waals surface area contributed by atoms with Crippen LogP contribution in [0.4, 0.5) is 4.39 Å². The van der Waals surface area contributed by atoms with Gasteiger partial charge in [-0.05, 0) is 25.1 Å². The summed E-state index contributed by atoms with van der Waals surface area (Å²) in [5, 5.41) is 3.02. The van der Waals surface area contributed by atoms with Crippen molar-refractivity contribution in [2.45, 2.75) is 25.9 Å². The van der Waals surface area contributed by atoms with Gasteiger partial charge in [0.05, 0.1) is 0 Å². The minimum atomic E-state index is -0.384. The van der Waals surface area contributed by atoms with Crippen LogP contribution in [0.25, 0.3) is 0 Å². The second-order valence-corrected chi connectivity index (χ2v) is 4.13. The van der Waals surface area contributed by atoms with Crippen molar-refractivity contribution in [1.82, 2.24) is 5.32 Å². The number of halogens is 2. The summed E-state index contributed by atoms with van der Waals surface area (Å²) < 4.78 is 13.2. The first-order valence-corrected chi connectivity index (χ1v) is 5.33. The van der Waals surface area contributed by atoms with E-state index in [0.717, 1.165) is 0 Å². The third kappa shape index (κ3) is 4.16. The summed E-state index contributed by atoms with van der Waals surface area (Å²) in [4.78, 5) is 11.3. The van der Waals surface area contributed by atoms with Crippen LogP contribution >= 0.6 is 11.6 Å². The van der Waals surface area contributed by atoms with Gasteiger partial charge in [-0.2, -0.15) is 0 Å². The van der Waals surface area contributed by atoms with Crippen LogP contribution in [0.1, 0.15) is 18.9 Å². The average Bonchev–Trinajstić information content (AvgIpc) is 2.18. The Kier molecular flexibility index (Phi) is 4.71. The lowest BCUT2D eigenvalue weighted by molar-refractivity contribution is -0.121. The predicted molar refractivity (Wildman–Crippen MR) is 61.5 cm³/mol. The zero-order valence-corrected chi connectivity index (χ0v) is 9.72. The Labute approximate surface area is 98.8 Å². The molecule has 0 fully saturated rings. The molecule has 88 valence electrons. The molecule has 0 radical (unpaired) electrons. The maximum atomic E-state index is 13.2. The number of nitrogens with one attached hydrogen (secondary N) is 1. The van der Waals surface area contributed by atoms with Gasteiger partial charge in [0, 0.05) is 29.6 Å². The number of nitrogens with two attached hydrogens (primary N) is 1. The quantitative estimate of drug-likeness (QED) is 0.849. The van der Waals surface area contributed by atoms with Gasteiger partial charge in [-0.3, -0.25) is 4.79 Å². The summed E-state index contributed by atoms with van der Waals surface area (Å²) in [6.45, 7) is 1.86. The molecule has 0 bridgehead atoms. The van der Waals surface area contributed by atoms with E-state index in [1.807, 2.05) is 0 Å². The molecule has 0 aliphatic carbocycles. The molecule has 0 saturated heterocycles. The van der Waals surface area contributed by atoms with Gasteiger partial charge in [-0.1, -0.05) is 11.6 Å². The molecular formula is C11H14ClFN2O. The average molecular weight is 245 g/mol. The number of carbonyl (C=O) groups is 1. The molecule has 1 aromatic carbocycles. The summed E-state index contributed by atoms with van der Waals surface area (Å²) in [7, 11) is 0. The number of hydrogen-bond donors (Lipinski definition) is 2. The summed E-state index contributed by atoms with van der Waals surface area (Å²) in [6, 6.07) is 4.02. The standard InChI is InChI=1S/C11H14ClFN2O/c1-7(14)4-11(16)15-6-8-5-9(12)2-3-10(8)13/h2-3,5,7H,4,6,14H2,1H3,(H,15,16). The topological polar surface area (TPSA) is 55.1 Å². The highest BCUT2D eigenvalue weighted by atomic mass is 35.5. The van der Waals surface area contributed by atoms with Crippen LogP contribution < -0.4 is 11.1 Å². The first kappa shape index (κ1) is 12.9. The molecule has 1 unspecified atom stereocenters. The molecule has 0 aliphatic rings. The predicted octanol–water partition coefficient (Wildman–Crippen LogP) is 1.83. The molecule has 1 rings (SSSR count). The largest absolute Gasteiger partial charge is 0.352 e. The maximum Gasteiger partial charge on any atom is 0.221 e. The van der Waals surface area contributed by atoms with E-state index in [9.17, 15) is 9.18 Å². The van der Waals surface area contributed by atoms with Crippen molar-refractivity contribution in [3.63, 3.8) is 0 Å².